The van der Waals surface area contributed by atoms with Gasteiger partial charge in [0.15, 0.2) is 0 Å². The molecule has 0 bridgehead atoms. The molecule has 0 aromatic heterocycles. The summed E-state index contributed by atoms with van der Waals surface area (Å²) in [6.07, 6.45) is 0. The van der Waals surface area contributed by atoms with E-state index >= 15 is 0 Å². The summed E-state index contributed by atoms with van der Waals surface area (Å²) in [5.74, 6) is 0.137. The Bertz CT molecular complexity index is 696. The minimum absolute atomic E-state index is 0.202. The third-order valence-electron chi connectivity index (χ3n) is 2.86. The molecule has 23 heavy (non-hydrogen) atoms. The molecule has 0 aliphatic heterocycles. The van der Waals surface area contributed by atoms with E-state index in [0.717, 1.165) is 5.56 Å². The third-order valence-corrected chi connectivity index (χ3v) is 4.43. The van der Waals surface area contributed by atoms with E-state index in [1.807, 2.05) is 12.1 Å². The van der Waals surface area contributed by atoms with Crippen LogP contribution in [0.5, 0.6) is 0 Å². The van der Waals surface area contributed by atoms with Crippen LogP contribution in [0.15, 0.2) is 48.5 Å². The number of carbonyl (C=O) groups is 2. The van der Waals surface area contributed by atoms with Gasteiger partial charge >= 0.3 is 0 Å². The minimum Gasteiger partial charge on any atom is -0.272 e. The molecule has 120 valence electrons. The second kappa shape index (κ2) is 8.82. The first kappa shape index (κ1) is 17.7. The molecule has 0 aliphatic carbocycles. The van der Waals surface area contributed by atoms with Gasteiger partial charge in [0.05, 0.1) is 5.75 Å². The van der Waals surface area contributed by atoms with Crippen molar-refractivity contribution in [3.63, 3.8) is 0 Å². The van der Waals surface area contributed by atoms with Crippen molar-refractivity contribution < 1.29 is 9.59 Å². The number of benzene rings is 2. The number of nitrogens with one attached hydrogen (secondary N) is 2. The summed E-state index contributed by atoms with van der Waals surface area (Å²) in [7, 11) is 0. The van der Waals surface area contributed by atoms with E-state index in [0.29, 0.717) is 21.4 Å². The zero-order valence-corrected chi connectivity index (χ0v) is 14.3. The van der Waals surface area contributed by atoms with E-state index in [9.17, 15) is 9.59 Å². The highest BCUT2D eigenvalue weighted by Gasteiger charge is 2.08. The zero-order valence-electron chi connectivity index (χ0n) is 12.0. The lowest BCUT2D eigenvalue weighted by atomic mass is 10.2. The van der Waals surface area contributed by atoms with Gasteiger partial charge in [-0.3, -0.25) is 20.4 Å². The number of halogens is 2. The van der Waals surface area contributed by atoms with Gasteiger partial charge in [-0.2, -0.15) is 0 Å². The summed E-state index contributed by atoms with van der Waals surface area (Å²) in [6.45, 7) is 0. The summed E-state index contributed by atoms with van der Waals surface area (Å²) in [5, 5.41) is 1.15. The maximum Gasteiger partial charge on any atom is 0.269 e. The van der Waals surface area contributed by atoms with Gasteiger partial charge in [-0.05, 0) is 29.8 Å². The summed E-state index contributed by atoms with van der Waals surface area (Å²) in [6, 6.07) is 13.9. The SMILES string of the molecule is O=C(CSCc1ccc(Cl)cc1Cl)NNC(=O)c1ccccc1. The van der Waals surface area contributed by atoms with E-state index in [-0.39, 0.29) is 17.6 Å². The molecule has 2 aromatic carbocycles. The van der Waals surface area contributed by atoms with Crippen molar-refractivity contribution in [1.82, 2.24) is 10.9 Å². The number of hydrogen-bond donors (Lipinski definition) is 2. The molecule has 0 unspecified atom stereocenters. The normalized spacial score (nSPS) is 10.2. The molecule has 0 heterocycles. The molecule has 0 aliphatic rings. The van der Waals surface area contributed by atoms with Crippen LogP contribution in [0.3, 0.4) is 0 Å². The molecule has 2 aromatic rings. The van der Waals surface area contributed by atoms with Crippen LogP contribution < -0.4 is 10.9 Å². The fourth-order valence-corrected chi connectivity index (χ4v) is 3.10. The van der Waals surface area contributed by atoms with Crippen molar-refractivity contribution in [3.8, 4) is 0 Å². The number of hydrazine groups is 1. The number of carbonyl (C=O) groups excluding carboxylic acids is 2. The van der Waals surface area contributed by atoms with Crippen LogP contribution in [0, 0.1) is 0 Å². The van der Waals surface area contributed by atoms with Crippen LogP contribution in [-0.2, 0) is 10.5 Å². The summed E-state index contributed by atoms with van der Waals surface area (Å²) in [5.41, 5.74) is 6.13. The van der Waals surface area contributed by atoms with Crippen molar-refractivity contribution in [1.29, 1.82) is 0 Å². The predicted molar refractivity (Wildman–Crippen MR) is 94.7 cm³/mol. The van der Waals surface area contributed by atoms with Crippen molar-refractivity contribution >= 4 is 46.8 Å². The Labute approximate surface area is 148 Å². The Hall–Kier alpha value is -1.69. The number of thioether (sulfide) groups is 1. The first-order valence-corrected chi connectivity index (χ1v) is 8.63. The van der Waals surface area contributed by atoms with Gasteiger partial charge in [0.1, 0.15) is 0 Å². The smallest absolute Gasteiger partial charge is 0.269 e. The molecule has 0 atom stereocenters. The molecule has 0 saturated carbocycles. The fraction of sp³-hybridized carbons (Fsp3) is 0.125. The molecule has 0 saturated heterocycles. The highest BCUT2D eigenvalue weighted by molar-refractivity contribution is 7.99. The van der Waals surface area contributed by atoms with E-state index in [1.54, 1.807) is 36.4 Å². The topological polar surface area (TPSA) is 58.2 Å². The number of hydrogen-bond acceptors (Lipinski definition) is 3. The number of rotatable bonds is 5. The Morgan fingerprint density at radius 2 is 1.74 bits per heavy atom. The van der Waals surface area contributed by atoms with Crippen molar-refractivity contribution in [3.05, 3.63) is 69.7 Å². The van der Waals surface area contributed by atoms with Gasteiger partial charge in [0, 0.05) is 21.4 Å². The Balaban J connectivity index is 1.72. The van der Waals surface area contributed by atoms with Crippen LogP contribution in [-0.4, -0.2) is 17.6 Å². The van der Waals surface area contributed by atoms with Gasteiger partial charge in [0.2, 0.25) is 5.91 Å². The van der Waals surface area contributed by atoms with Crippen molar-refractivity contribution in [2.24, 2.45) is 0 Å². The first-order valence-electron chi connectivity index (χ1n) is 6.72. The molecule has 2 amide bonds. The van der Waals surface area contributed by atoms with Crippen molar-refractivity contribution in [2.75, 3.05) is 5.75 Å². The standard InChI is InChI=1S/C16H14Cl2N2O2S/c17-13-7-6-12(14(18)8-13)9-23-10-15(21)19-20-16(22)11-4-2-1-3-5-11/h1-8H,9-10H2,(H,19,21)(H,20,22). The summed E-state index contributed by atoms with van der Waals surface area (Å²) < 4.78 is 0. The average molecular weight is 369 g/mol. The first-order chi connectivity index (χ1) is 11.1. The molecule has 2 N–H and O–H groups in total. The lowest BCUT2D eigenvalue weighted by molar-refractivity contribution is -0.119. The highest BCUT2D eigenvalue weighted by atomic mass is 35.5. The largest absolute Gasteiger partial charge is 0.272 e. The number of amides is 2. The van der Waals surface area contributed by atoms with E-state index < -0.39 is 0 Å². The van der Waals surface area contributed by atoms with Gasteiger partial charge in [-0.15, -0.1) is 11.8 Å². The van der Waals surface area contributed by atoms with E-state index in [2.05, 4.69) is 10.9 Å². The lowest BCUT2D eigenvalue weighted by Gasteiger charge is -2.08. The summed E-state index contributed by atoms with van der Waals surface area (Å²) >= 11 is 13.3. The monoisotopic (exact) mass is 368 g/mol. The van der Waals surface area contributed by atoms with Gasteiger partial charge in [-0.1, -0.05) is 47.5 Å². The Kier molecular flexibility index (Phi) is 6.77. The van der Waals surface area contributed by atoms with Crippen LogP contribution in [0.1, 0.15) is 15.9 Å². The third kappa shape index (κ3) is 5.78. The molecule has 4 nitrogen and oxygen atoms in total. The zero-order chi connectivity index (χ0) is 16.7. The second-order valence-corrected chi connectivity index (χ2v) is 6.43. The van der Waals surface area contributed by atoms with Gasteiger partial charge in [0.25, 0.3) is 5.91 Å². The minimum atomic E-state index is -0.357. The Morgan fingerprint density at radius 3 is 2.43 bits per heavy atom. The Morgan fingerprint density at radius 1 is 1.00 bits per heavy atom. The molecule has 2 rings (SSSR count). The van der Waals surface area contributed by atoms with Crippen LogP contribution >= 0.6 is 35.0 Å². The molecule has 0 radical (unpaired) electrons. The van der Waals surface area contributed by atoms with Crippen LogP contribution in [0.25, 0.3) is 0 Å². The van der Waals surface area contributed by atoms with Gasteiger partial charge in [-0.25, -0.2) is 0 Å². The van der Waals surface area contributed by atoms with Crippen molar-refractivity contribution in [2.45, 2.75) is 5.75 Å². The molecular formula is C16H14Cl2N2O2S. The summed E-state index contributed by atoms with van der Waals surface area (Å²) in [4.78, 5) is 23.5. The average Bonchev–Trinajstić information content (AvgIpc) is 2.55. The van der Waals surface area contributed by atoms with E-state index in [1.165, 1.54) is 11.8 Å². The maximum absolute atomic E-state index is 11.8. The maximum atomic E-state index is 11.8. The fourth-order valence-electron chi connectivity index (χ4n) is 1.72. The molecule has 0 fully saturated rings. The second-order valence-electron chi connectivity index (χ2n) is 4.60. The van der Waals surface area contributed by atoms with Crippen LogP contribution in [0.2, 0.25) is 10.0 Å². The predicted octanol–water partition coefficient (Wildman–Crippen LogP) is 3.69. The van der Waals surface area contributed by atoms with E-state index in [4.69, 9.17) is 23.2 Å². The molecule has 7 heteroatoms. The molecular weight excluding hydrogens is 355 g/mol. The van der Waals surface area contributed by atoms with Crippen LogP contribution in [0.4, 0.5) is 0 Å². The highest BCUT2D eigenvalue weighted by Crippen LogP contribution is 2.24. The lowest BCUT2D eigenvalue weighted by Crippen LogP contribution is -2.42. The van der Waals surface area contributed by atoms with Gasteiger partial charge < -0.3 is 0 Å². The quantitative estimate of drug-likeness (QED) is 0.791. The molecule has 0 spiro atoms.